The third kappa shape index (κ3) is 3.33. The van der Waals surface area contributed by atoms with Gasteiger partial charge < -0.3 is 14.6 Å². The number of imidazole rings is 1. The number of carbonyl (C=O) groups is 1. The minimum absolute atomic E-state index is 0.0331. The van der Waals surface area contributed by atoms with Gasteiger partial charge in [0.15, 0.2) is 0 Å². The molecule has 1 aromatic rings. The Bertz CT molecular complexity index is 407. The number of H-pyrrole nitrogens is 1. The number of methoxy groups -OCH3 is 1. The number of nitrogens with one attached hydrogen (secondary N) is 1. The van der Waals surface area contributed by atoms with Crippen LogP contribution in [0.3, 0.4) is 0 Å². The average Bonchev–Trinajstić information content (AvgIpc) is 2.92. The van der Waals surface area contributed by atoms with Gasteiger partial charge in [0, 0.05) is 39.1 Å². The molecule has 0 saturated carbocycles. The third-order valence-electron chi connectivity index (χ3n) is 3.70. The minimum atomic E-state index is -0.0331. The van der Waals surface area contributed by atoms with Crippen molar-refractivity contribution in [3.8, 4) is 0 Å². The van der Waals surface area contributed by atoms with E-state index in [0.717, 1.165) is 18.9 Å². The maximum Gasteiger partial charge on any atom is 0.225 e. The van der Waals surface area contributed by atoms with E-state index in [4.69, 9.17) is 4.74 Å². The Kier molecular flexibility index (Phi) is 4.55. The molecule has 1 N–H and O–H groups in total. The fourth-order valence-corrected chi connectivity index (χ4v) is 2.31. The van der Waals surface area contributed by atoms with Crippen molar-refractivity contribution in [2.24, 2.45) is 0 Å². The van der Waals surface area contributed by atoms with Crippen molar-refractivity contribution >= 4 is 5.91 Å². The zero-order chi connectivity index (χ0) is 13.8. The summed E-state index contributed by atoms with van der Waals surface area (Å²) in [6.45, 7) is 4.22. The Balaban J connectivity index is 1.99. The van der Waals surface area contributed by atoms with Gasteiger partial charge >= 0.3 is 0 Å². The van der Waals surface area contributed by atoms with Crippen LogP contribution in [0.25, 0.3) is 0 Å². The summed E-state index contributed by atoms with van der Waals surface area (Å²) in [6, 6.07) is 0.144. The van der Waals surface area contributed by atoms with E-state index in [1.54, 1.807) is 13.3 Å². The number of piperazine rings is 1. The monoisotopic (exact) mass is 266 g/mol. The molecule has 1 aliphatic heterocycles. The van der Waals surface area contributed by atoms with Gasteiger partial charge in [-0.3, -0.25) is 9.69 Å². The molecule has 0 bridgehead atoms. The zero-order valence-electron chi connectivity index (χ0n) is 11.8. The zero-order valence-corrected chi connectivity index (χ0v) is 11.8. The standard InChI is InChI=1S/C13H22N4O2/c1-10(19-3)8-12(18)17-7-6-16(2)11(9-17)13-14-4-5-15-13/h4-5,10-11H,6-9H2,1-3H3,(H,14,15)/t10-,11-/m1/s1. The summed E-state index contributed by atoms with van der Waals surface area (Å²) in [5, 5.41) is 0. The van der Waals surface area contributed by atoms with Crippen LogP contribution in [0.1, 0.15) is 25.2 Å². The highest BCUT2D eigenvalue weighted by molar-refractivity contribution is 5.76. The fraction of sp³-hybridized carbons (Fsp3) is 0.692. The van der Waals surface area contributed by atoms with Crippen LogP contribution in [0.15, 0.2) is 12.4 Å². The van der Waals surface area contributed by atoms with E-state index in [0.29, 0.717) is 13.0 Å². The molecule has 0 spiro atoms. The molecular weight excluding hydrogens is 244 g/mol. The first-order valence-electron chi connectivity index (χ1n) is 6.62. The number of aromatic nitrogens is 2. The molecule has 1 aromatic heterocycles. The van der Waals surface area contributed by atoms with Crippen molar-refractivity contribution < 1.29 is 9.53 Å². The summed E-state index contributed by atoms with van der Waals surface area (Å²) >= 11 is 0. The number of nitrogens with zero attached hydrogens (tertiary/aromatic N) is 3. The van der Waals surface area contributed by atoms with Crippen LogP contribution < -0.4 is 0 Å². The van der Waals surface area contributed by atoms with E-state index in [-0.39, 0.29) is 18.1 Å². The van der Waals surface area contributed by atoms with Crippen molar-refractivity contribution in [1.29, 1.82) is 0 Å². The number of carbonyl (C=O) groups excluding carboxylic acids is 1. The summed E-state index contributed by atoms with van der Waals surface area (Å²) in [4.78, 5) is 23.8. The van der Waals surface area contributed by atoms with Crippen LogP contribution in [0.4, 0.5) is 0 Å². The highest BCUT2D eigenvalue weighted by Gasteiger charge is 2.30. The molecule has 2 atom stereocenters. The molecule has 0 aliphatic carbocycles. The molecule has 0 radical (unpaired) electrons. The molecule has 106 valence electrons. The lowest BCUT2D eigenvalue weighted by Crippen LogP contribution is -2.49. The molecule has 19 heavy (non-hydrogen) atoms. The van der Waals surface area contributed by atoms with Gasteiger partial charge in [-0.15, -0.1) is 0 Å². The van der Waals surface area contributed by atoms with Gasteiger partial charge in [-0.2, -0.15) is 0 Å². The predicted molar refractivity (Wildman–Crippen MR) is 71.6 cm³/mol. The molecular formula is C13H22N4O2. The van der Waals surface area contributed by atoms with Gasteiger partial charge in [0.25, 0.3) is 0 Å². The summed E-state index contributed by atoms with van der Waals surface area (Å²) < 4.78 is 5.16. The second-order valence-electron chi connectivity index (χ2n) is 5.06. The number of amides is 1. The average molecular weight is 266 g/mol. The van der Waals surface area contributed by atoms with Gasteiger partial charge in [-0.25, -0.2) is 4.98 Å². The number of rotatable bonds is 4. The molecule has 6 heteroatoms. The highest BCUT2D eigenvalue weighted by atomic mass is 16.5. The van der Waals surface area contributed by atoms with Crippen molar-refractivity contribution in [3.63, 3.8) is 0 Å². The Labute approximate surface area is 113 Å². The van der Waals surface area contributed by atoms with Crippen LogP contribution in [0.5, 0.6) is 0 Å². The molecule has 1 fully saturated rings. The number of likely N-dealkylation sites (N-methyl/N-ethyl adjacent to an activating group) is 1. The van der Waals surface area contributed by atoms with Crippen molar-refractivity contribution in [3.05, 3.63) is 18.2 Å². The number of ether oxygens (including phenoxy) is 1. The largest absolute Gasteiger partial charge is 0.381 e. The molecule has 1 amide bonds. The Morgan fingerprint density at radius 1 is 1.63 bits per heavy atom. The number of hydrogen-bond donors (Lipinski definition) is 1. The summed E-state index contributed by atoms with van der Waals surface area (Å²) in [5.74, 6) is 1.07. The highest BCUT2D eigenvalue weighted by Crippen LogP contribution is 2.21. The Hall–Kier alpha value is -1.40. The number of aromatic amines is 1. The Morgan fingerprint density at radius 3 is 3.05 bits per heavy atom. The van der Waals surface area contributed by atoms with E-state index >= 15 is 0 Å². The first kappa shape index (κ1) is 14.0. The van der Waals surface area contributed by atoms with Crippen LogP contribution in [-0.4, -0.2) is 65.6 Å². The van der Waals surface area contributed by atoms with Gasteiger partial charge in [0.05, 0.1) is 18.6 Å². The van der Waals surface area contributed by atoms with E-state index in [2.05, 4.69) is 21.9 Å². The van der Waals surface area contributed by atoms with Crippen LogP contribution in [-0.2, 0) is 9.53 Å². The lowest BCUT2D eigenvalue weighted by molar-refractivity contribution is -0.136. The summed E-state index contributed by atoms with van der Waals surface area (Å²) in [6.07, 6.45) is 3.97. The maximum absolute atomic E-state index is 12.2. The van der Waals surface area contributed by atoms with E-state index in [9.17, 15) is 4.79 Å². The lowest BCUT2D eigenvalue weighted by atomic mass is 10.1. The first-order chi connectivity index (χ1) is 9.11. The second kappa shape index (κ2) is 6.16. The molecule has 2 rings (SSSR count). The normalized spacial score (nSPS) is 22.5. The predicted octanol–water partition coefficient (Wildman–Crippen LogP) is 0.650. The first-order valence-corrected chi connectivity index (χ1v) is 6.62. The summed E-state index contributed by atoms with van der Waals surface area (Å²) in [5.41, 5.74) is 0. The SMILES string of the molecule is CO[C@H](C)CC(=O)N1CCN(C)[C@@H](c2ncc[nH]2)C1. The molecule has 2 heterocycles. The molecule has 6 nitrogen and oxygen atoms in total. The topological polar surface area (TPSA) is 61.5 Å². The van der Waals surface area contributed by atoms with Crippen LogP contribution in [0.2, 0.25) is 0 Å². The molecule has 0 unspecified atom stereocenters. The minimum Gasteiger partial charge on any atom is -0.381 e. The third-order valence-corrected chi connectivity index (χ3v) is 3.70. The smallest absolute Gasteiger partial charge is 0.225 e. The maximum atomic E-state index is 12.2. The van der Waals surface area contributed by atoms with E-state index in [1.165, 1.54) is 0 Å². The van der Waals surface area contributed by atoms with Crippen LogP contribution >= 0.6 is 0 Å². The van der Waals surface area contributed by atoms with Crippen molar-refractivity contribution in [2.45, 2.75) is 25.5 Å². The molecule has 1 saturated heterocycles. The second-order valence-corrected chi connectivity index (χ2v) is 5.06. The van der Waals surface area contributed by atoms with Crippen molar-refractivity contribution in [1.82, 2.24) is 19.8 Å². The van der Waals surface area contributed by atoms with E-state index < -0.39 is 0 Å². The van der Waals surface area contributed by atoms with E-state index in [1.807, 2.05) is 18.0 Å². The van der Waals surface area contributed by atoms with Gasteiger partial charge in [0.2, 0.25) is 5.91 Å². The fourth-order valence-electron chi connectivity index (χ4n) is 2.31. The molecule has 1 aliphatic rings. The van der Waals surface area contributed by atoms with Gasteiger partial charge in [-0.05, 0) is 14.0 Å². The van der Waals surface area contributed by atoms with Crippen LogP contribution in [0, 0.1) is 0 Å². The lowest BCUT2D eigenvalue weighted by Gasteiger charge is -2.38. The quantitative estimate of drug-likeness (QED) is 0.869. The summed E-state index contributed by atoms with van der Waals surface area (Å²) in [7, 11) is 3.69. The molecule has 0 aromatic carbocycles. The van der Waals surface area contributed by atoms with Gasteiger partial charge in [0.1, 0.15) is 5.82 Å². The number of hydrogen-bond acceptors (Lipinski definition) is 4. The van der Waals surface area contributed by atoms with Crippen molar-refractivity contribution in [2.75, 3.05) is 33.8 Å². The Morgan fingerprint density at radius 2 is 2.42 bits per heavy atom. The van der Waals surface area contributed by atoms with Gasteiger partial charge in [-0.1, -0.05) is 0 Å².